The molecular weight excluding hydrogens is 349 g/mol. The largest absolute Gasteiger partial charge is 0.334 e. The van der Waals surface area contributed by atoms with E-state index >= 15 is 0 Å². The summed E-state index contributed by atoms with van der Waals surface area (Å²) in [5, 5.41) is 5.33. The molecule has 2 aliphatic rings. The number of nitrogens with zero attached hydrogens (tertiary/aromatic N) is 3. The van der Waals surface area contributed by atoms with Gasteiger partial charge in [0, 0.05) is 37.1 Å². The highest BCUT2D eigenvalue weighted by Crippen LogP contribution is 2.28. The predicted molar refractivity (Wildman–Crippen MR) is 90.7 cm³/mol. The lowest BCUT2D eigenvalue weighted by molar-refractivity contribution is 0.0731. The van der Waals surface area contributed by atoms with E-state index in [1.54, 1.807) is 23.1 Å². The molecule has 1 aromatic carbocycles. The Hall–Kier alpha value is -1.85. The molecule has 0 aliphatic carbocycles. The van der Waals surface area contributed by atoms with Crippen molar-refractivity contribution in [2.75, 3.05) is 6.54 Å². The van der Waals surface area contributed by atoms with Gasteiger partial charge in [-0.25, -0.2) is 0 Å². The minimum Gasteiger partial charge on any atom is -0.334 e. The molecule has 3 heterocycles. The SMILES string of the molecule is O=C1CCCn2nc3c(c21)CN(C(=O)c1ccc(Cl)c(Cl)c1)CC3. The summed E-state index contributed by atoms with van der Waals surface area (Å²) >= 11 is 11.9. The molecule has 4 rings (SSSR count). The maximum atomic E-state index is 12.8. The van der Waals surface area contributed by atoms with Crippen LogP contribution in [0.4, 0.5) is 0 Å². The first-order chi connectivity index (χ1) is 11.5. The summed E-state index contributed by atoms with van der Waals surface area (Å²) in [4.78, 5) is 26.7. The van der Waals surface area contributed by atoms with Gasteiger partial charge in [-0.15, -0.1) is 0 Å². The summed E-state index contributed by atoms with van der Waals surface area (Å²) in [5.41, 5.74) is 3.03. The molecule has 0 saturated heterocycles. The fourth-order valence-electron chi connectivity index (χ4n) is 3.39. The second-order valence-corrected chi connectivity index (χ2v) is 6.94. The van der Waals surface area contributed by atoms with Crippen LogP contribution < -0.4 is 0 Å². The Morgan fingerprint density at radius 3 is 2.75 bits per heavy atom. The first kappa shape index (κ1) is 15.7. The third-order valence-electron chi connectivity index (χ3n) is 4.59. The van der Waals surface area contributed by atoms with Gasteiger partial charge in [-0.3, -0.25) is 14.3 Å². The zero-order valence-corrected chi connectivity index (χ0v) is 14.4. The lowest BCUT2D eigenvalue weighted by atomic mass is 9.99. The van der Waals surface area contributed by atoms with Crippen LogP contribution in [0.15, 0.2) is 18.2 Å². The van der Waals surface area contributed by atoms with E-state index in [9.17, 15) is 9.59 Å². The van der Waals surface area contributed by atoms with Crippen molar-refractivity contribution in [3.8, 4) is 0 Å². The summed E-state index contributed by atoms with van der Waals surface area (Å²) in [7, 11) is 0. The summed E-state index contributed by atoms with van der Waals surface area (Å²) in [6.07, 6.45) is 2.05. The number of amides is 1. The fourth-order valence-corrected chi connectivity index (χ4v) is 3.69. The average molecular weight is 364 g/mol. The zero-order chi connectivity index (χ0) is 16.8. The average Bonchev–Trinajstić information content (AvgIpc) is 2.95. The van der Waals surface area contributed by atoms with Gasteiger partial charge < -0.3 is 4.90 Å². The lowest BCUT2D eigenvalue weighted by Gasteiger charge is -2.27. The molecule has 2 aliphatic heterocycles. The van der Waals surface area contributed by atoms with Gasteiger partial charge in [0.05, 0.1) is 22.3 Å². The van der Waals surface area contributed by atoms with Crippen LogP contribution in [-0.4, -0.2) is 32.9 Å². The topological polar surface area (TPSA) is 55.2 Å². The second kappa shape index (κ2) is 5.90. The zero-order valence-electron chi connectivity index (χ0n) is 12.9. The van der Waals surface area contributed by atoms with Gasteiger partial charge in [0.15, 0.2) is 5.78 Å². The number of ketones is 1. The number of carbonyl (C=O) groups excluding carboxylic acids is 2. The molecule has 24 heavy (non-hydrogen) atoms. The highest BCUT2D eigenvalue weighted by molar-refractivity contribution is 6.42. The van der Waals surface area contributed by atoms with Gasteiger partial charge in [-0.2, -0.15) is 5.10 Å². The molecule has 0 bridgehead atoms. The molecule has 0 fully saturated rings. The Kier molecular flexibility index (Phi) is 3.85. The van der Waals surface area contributed by atoms with Gasteiger partial charge in [0.25, 0.3) is 5.91 Å². The van der Waals surface area contributed by atoms with Crippen molar-refractivity contribution < 1.29 is 9.59 Å². The number of fused-ring (bicyclic) bond motifs is 3. The number of rotatable bonds is 1. The molecular formula is C17H15Cl2N3O2. The van der Waals surface area contributed by atoms with Crippen LogP contribution in [0.25, 0.3) is 0 Å². The van der Waals surface area contributed by atoms with Crippen molar-refractivity contribution >= 4 is 34.9 Å². The van der Waals surface area contributed by atoms with E-state index in [1.807, 2.05) is 4.68 Å². The number of aromatic nitrogens is 2. The van der Waals surface area contributed by atoms with Crippen molar-refractivity contribution in [3.63, 3.8) is 0 Å². The quantitative estimate of drug-likeness (QED) is 0.780. The number of hydrogen-bond acceptors (Lipinski definition) is 3. The maximum Gasteiger partial charge on any atom is 0.254 e. The molecule has 0 atom stereocenters. The third kappa shape index (κ3) is 2.52. The third-order valence-corrected chi connectivity index (χ3v) is 5.33. The summed E-state index contributed by atoms with van der Waals surface area (Å²) < 4.78 is 1.81. The van der Waals surface area contributed by atoms with Crippen LogP contribution in [0.2, 0.25) is 10.0 Å². The summed E-state index contributed by atoms with van der Waals surface area (Å²) in [5.74, 6) is 0.0151. The first-order valence-corrected chi connectivity index (χ1v) is 8.66. The predicted octanol–water partition coefficient (Wildman–Crippen LogP) is 3.36. The van der Waals surface area contributed by atoms with Crippen molar-refractivity contribution in [1.29, 1.82) is 0 Å². The van der Waals surface area contributed by atoms with Gasteiger partial charge in [-0.05, 0) is 24.6 Å². The molecule has 2 aromatic rings. The van der Waals surface area contributed by atoms with Gasteiger partial charge in [0.2, 0.25) is 0 Å². The lowest BCUT2D eigenvalue weighted by Crippen LogP contribution is -2.36. The Morgan fingerprint density at radius 2 is 1.96 bits per heavy atom. The Morgan fingerprint density at radius 1 is 1.12 bits per heavy atom. The number of hydrogen-bond donors (Lipinski definition) is 0. The van der Waals surface area contributed by atoms with E-state index in [1.165, 1.54) is 0 Å². The first-order valence-electron chi connectivity index (χ1n) is 7.90. The molecule has 7 heteroatoms. The smallest absolute Gasteiger partial charge is 0.254 e. The number of benzene rings is 1. The van der Waals surface area contributed by atoms with Crippen LogP contribution in [0.3, 0.4) is 0 Å². The maximum absolute atomic E-state index is 12.8. The molecule has 0 N–H and O–H groups in total. The fraction of sp³-hybridized carbons (Fsp3) is 0.353. The van der Waals surface area contributed by atoms with E-state index in [0.29, 0.717) is 47.2 Å². The molecule has 0 unspecified atom stereocenters. The molecule has 1 aromatic heterocycles. The van der Waals surface area contributed by atoms with E-state index in [0.717, 1.165) is 24.2 Å². The van der Waals surface area contributed by atoms with E-state index in [-0.39, 0.29) is 11.7 Å². The standard InChI is InChI=1S/C17H15Cl2N3O2/c18-12-4-3-10(8-13(12)19)17(24)21-7-5-14-11(9-21)16-15(23)2-1-6-22(16)20-14/h3-4,8H,1-2,5-7,9H2. The Balaban J connectivity index is 1.64. The van der Waals surface area contributed by atoms with Crippen molar-refractivity contribution in [3.05, 3.63) is 50.8 Å². The van der Waals surface area contributed by atoms with E-state index in [4.69, 9.17) is 23.2 Å². The van der Waals surface area contributed by atoms with Crippen LogP contribution >= 0.6 is 23.2 Å². The number of carbonyl (C=O) groups is 2. The van der Waals surface area contributed by atoms with Crippen molar-refractivity contribution in [2.45, 2.75) is 32.4 Å². The normalized spacial score (nSPS) is 16.8. The molecule has 5 nitrogen and oxygen atoms in total. The molecule has 1 amide bonds. The van der Waals surface area contributed by atoms with Gasteiger partial charge in [0.1, 0.15) is 5.69 Å². The van der Waals surface area contributed by atoms with E-state index in [2.05, 4.69) is 5.10 Å². The summed E-state index contributed by atoms with van der Waals surface area (Å²) in [6.45, 7) is 1.76. The highest BCUT2D eigenvalue weighted by atomic mass is 35.5. The van der Waals surface area contributed by atoms with Gasteiger partial charge >= 0.3 is 0 Å². The van der Waals surface area contributed by atoms with Crippen molar-refractivity contribution in [2.24, 2.45) is 0 Å². The minimum atomic E-state index is -0.109. The molecule has 0 radical (unpaired) electrons. The highest BCUT2D eigenvalue weighted by Gasteiger charge is 2.31. The monoisotopic (exact) mass is 363 g/mol. The van der Waals surface area contributed by atoms with Crippen LogP contribution in [-0.2, 0) is 19.5 Å². The Labute approximate surface area is 149 Å². The molecule has 0 saturated carbocycles. The summed E-state index contributed by atoms with van der Waals surface area (Å²) in [6, 6.07) is 4.88. The Bertz CT molecular complexity index is 860. The van der Waals surface area contributed by atoms with Crippen LogP contribution in [0.1, 0.15) is 44.9 Å². The van der Waals surface area contributed by atoms with Crippen LogP contribution in [0.5, 0.6) is 0 Å². The number of halogens is 2. The minimum absolute atomic E-state index is 0.109. The molecule has 124 valence electrons. The van der Waals surface area contributed by atoms with Crippen molar-refractivity contribution in [1.82, 2.24) is 14.7 Å². The van der Waals surface area contributed by atoms with Gasteiger partial charge in [-0.1, -0.05) is 23.2 Å². The number of Topliss-reactive ketones (excluding diaryl/α,β-unsaturated/α-hetero) is 1. The molecule has 0 spiro atoms. The number of aryl methyl sites for hydroxylation is 1. The van der Waals surface area contributed by atoms with Crippen LogP contribution in [0, 0.1) is 0 Å². The van der Waals surface area contributed by atoms with E-state index < -0.39 is 0 Å². The second-order valence-electron chi connectivity index (χ2n) is 6.13.